The van der Waals surface area contributed by atoms with Gasteiger partial charge >= 0.3 is 6.18 Å². The number of imidazole rings is 1. The van der Waals surface area contributed by atoms with Gasteiger partial charge in [-0.2, -0.15) is 28.4 Å². The van der Waals surface area contributed by atoms with Gasteiger partial charge in [-0.25, -0.2) is 18.3 Å². The summed E-state index contributed by atoms with van der Waals surface area (Å²) in [7, 11) is 0. The van der Waals surface area contributed by atoms with Crippen molar-refractivity contribution in [2.24, 2.45) is 17.8 Å². The average molecular weight is 668 g/mol. The Bertz CT molecular complexity index is 1570. The predicted molar refractivity (Wildman–Crippen MR) is 158 cm³/mol. The molecule has 0 aromatic carbocycles. The van der Waals surface area contributed by atoms with E-state index in [4.69, 9.17) is 19.8 Å². The zero-order chi connectivity index (χ0) is 33.3. The van der Waals surface area contributed by atoms with Gasteiger partial charge in [-0.15, -0.1) is 0 Å². The first-order valence-corrected chi connectivity index (χ1v) is 16.1. The Balaban J connectivity index is 1.36. The van der Waals surface area contributed by atoms with Crippen LogP contribution in [0.2, 0.25) is 0 Å². The number of alkyl halides is 5. The van der Waals surface area contributed by atoms with Gasteiger partial charge in [0.15, 0.2) is 5.82 Å². The second kappa shape index (κ2) is 13.3. The average Bonchev–Trinajstić information content (AvgIpc) is 3.59. The standard InChI is InChI=1S/C30H38F5N9O3/c1-2-43-23(6-9-37-43)27(46)39-24(18-4-7-29(31,32)8-5-18)22-17-44-28(38-22)40-25(42-10-3-12-47-13-11-42)21(41-44)15-19-14-20(30(33,34)35)16-36-26(19)45/h6,9,17-20,24H,2-5,7-8,10-16H2,1H3,(H,36,45)(H,39,46). The van der Waals surface area contributed by atoms with Gasteiger partial charge in [-0.05, 0) is 44.6 Å². The molecule has 0 bridgehead atoms. The summed E-state index contributed by atoms with van der Waals surface area (Å²) in [5, 5.41) is 14.3. The number of fused-ring (bicyclic) bond motifs is 1. The summed E-state index contributed by atoms with van der Waals surface area (Å²) in [4.78, 5) is 37.6. The number of aromatic nitrogens is 6. The first kappa shape index (κ1) is 33.0. The van der Waals surface area contributed by atoms with Gasteiger partial charge in [0, 0.05) is 64.2 Å². The normalized spacial score (nSPS) is 23.4. The van der Waals surface area contributed by atoms with Gasteiger partial charge in [-0.3, -0.25) is 14.3 Å². The van der Waals surface area contributed by atoms with Crippen molar-refractivity contribution in [2.75, 3.05) is 37.7 Å². The van der Waals surface area contributed by atoms with Crippen molar-refractivity contribution in [2.45, 2.75) is 76.6 Å². The van der Waals surface area contributed by atoms with Crippen molar-refractivity contribution < 1.29 is 36.3 Å². The summed E-state index contributed by atoms with van der Waals surface area (Å²) < 4.78 is 77.7. The lowest BCUT2D eigenvalue weighted by Crippen LogP contribution is -2.47. The number of hydrogen-bond acceptors (Lipinski definition) is 8. The molecule has 12 nitrogen and oxygen atoms in total. The highest BCUT2D eigenvalue weighted by atomic mass is 19.4. The number of anilines is 1. The van der Waals surface area contributed by atoms with Crippen LogP contribution < -0.4 is 15.5 Å². The number of hydrogen-bond donors (Lipinski definition) is 2. The number of nitrogens with zero attached hydrogens (tertiary/aromatic N) is 7. The van der Waals surface area contributed by atoms with Crippen LogP contribution in [0.5, 0.6) is 0 Å². The van der Waals surface area contributed by atoms with E-state index in [1.807, 2.05) is 11.8 Å². The fourth-order valence-corrected chi connectivity index (χ4v) is 6.74. The van der Waals surface area contributed by atoms with Gasteiger partial charge in [0.25, 0.3) is 11.7 Å². The minimum atomic E-state index is -4.46. The molecule has 3 aliphatic rings. The smallest absolute Gasteiger partial charge is 0.380 e. The second-order valence-corrected chi connectivity index (χ2v) is 12.5. The molecule has 3 atom stereocenters. The van der Waals surface area contributed by atoms with Gasteiger partial charge in [-0.1, -0.05) is 0 Å². The molecule has 1 saturated carbocycles. The summed E-state index contributed by atoms with van der Waals surface area (Å²) in [6.07, 6.45) is -1.50. The van der Waals surface area contributed by atoms with Gasteiger partial charge in [0.1, 0.15) is 11.4 Å². The van der Waals surface area contributed by atoms with Crippen LogP contribution in [-0.4, -0.2) is 86.1 Å². The van der Waals surface area contributed by atoms with E-state index in [0.717, 1.165) is 0 Å². The number of piperidine rings is 1. The highest BCUT2D eigenvalue weighted by molar-refractivity contribution is 5.92. The third-order valence-corrected chi connectivity index (χ3v) is 9.36. The summed E-state index contributed by atoms with van der Waals surface area (Å²) in [6, 6.07) is 0.823. The van der Waals surface area contributed by atoms with Crippen molar-refractivity contribution in [1.82, 2.24) is 40.0 Å². The Hall–Kier alpha value is -3.89. The van der Waals surface area contributed by atoms with Crippen molar-refractivity contribution >= 4 is 23.4 Å². The molecule has 2 saturated heterocycles. The Morgan fingerprint density at radius 3 is 2.72 bits per heavy atom. The van der Waals surface area contributed by atoms with Gasteiger partial charge in [0.2, 0.25) is 11.8 Å². The highest BCUT2D eigenvalue weighted by Gasteiger charge is 2.45. The molecule has 1 aliphatic carbocycles. The second-order valence-electron chi connectivity index (χ2n) is 12.5. The van der Waals surface area contributed by atoms with E-state index in [2.05, 4.69) is 15.7 Å². The summed E-state index contributed by atoms with van der Waals surface area (Å²) in [5.74, 6) is -6.14. The van der Waals surface area contributed by atoms with Crippen molar-refractivity contribution in [3.8, 4) is 0 Å². The molecule has 0 radical (unpaired) electrons. The fraction of sp³-hybridized carbons (Fsp3) is 0.667. The van der Waals surface area contributed by atoms with Gasteiger partial charge < -0.3 is 20.3 Å². The minimum absolute atomic E-state index is 0.0829. The van der Waals surface area contributed by atoms with E-state index in [1.165, 1.54) is 15.4 Å². The highest BCUT2D eigenvalue weighted by Crippen LogP contribution is 2.41. The van der Waals surface area contributed by atoms with E-state index in [9.17, 15) is 31.5 Å². The lowest BCUT2D eigenvalue weighted by molar-refractivity contribution is -0.183. The van der Waals surface area contributed by atoms with Crippen LogP contribution >= 0.6 is 0 Å². The Morgan fingerprint density at radius 1 is 1.19 bits per heavy atom. The number of rotatable bonds is 8. The van der Waals surface area contributed by atoms with E-state index in [1.54, 1.807) is 12.3 Å². The molecule has 0 spiro atoms. The Labute approximate surface area is 267 Å². The molecule has 47 heavy (non-hydrogen) atoms. The third kappa shape index (κ3) is 7.33. The zero-order valence-corrected chi connectivity index (χ0v) is 26.0. The number of ether oxygens (including phenoxy) is 1. The molecule has 2 amide bonds. The van der Waals surface area contributed by atoms with Crippen molar-refractivity contribution in [3.05, 3.63) is 35.5 Å². The molecule has 3 aromatic heterocycles. The number of nitrogens with one attached hydrogen (secondary N) is 2. The molecular weight excluding hydrogens is 629 g/mol. The maximum Gasteiger partial charge on any atom is 0.393 e. The molecule has 6 rings (SSSR count). The summed E-state index contributed by atoms with van der Waals surface area (Å²) >= 11 is 0. The van der Waals surface area contributed by atoms with E-state index < -0.39 is 48.3 Å². The molecule has 5 heterocycles. The Kier molecular flexibility index (Phi) is 9.36. The van der Waals surface area contributed by atoms with E-state index in [-0.39, 0.29) is 50.2 Å². The van der Waals surface area contributed by atoms with E-state index in [0.29, 0.717) is 62.2 Å². The van der Waals surface area contributed by atoms with Crippen LogP contribution in [0.3, 0.4) is 0 Å². The summed E-state index contributed by atoms with van der Waals surface area (Å²) in [6.45, 7) is 3.77. The zero-order valence-electron chi connectivity index (χ0n) is 26.0. The first-order chi connectivity index (χ1) is 22.4. The molecule has 3 unspecified atom stereocenters. The van der Waals surface area contributed by atoms with E-state index >= 15 is 0 Å². The maximum absolute atomic E-state index is 14.2. The number of amides is 2. The minimum Gasteiger partial charge on any atom is -0.380 e. The van der Waals surface area contributed by atoms with Crippen LogP contribution in [0.4, 0.5) is 27.8 Å². The van der Waals surface area contributed by atoms with Crippen LogP contribution in [0, 0.1) is 17.8 Å². The van der Waals surface area contributed by atoms with Crippen molar-refractivity contribution in [1.29, 1.82) is 0 Å². The molecule has 2 N–H and O–H groups in total. The summed E-state index contributed by atoms with van der Waals surface area (Å²) in [5.41, 5.74) is 1.01. The SMILES string of the molecule is CCn1nccc1C(=O)NC(c1cn2nc(CC3CC(C(F)(F)F)CNC3=O)c(N3CCCOCC3)nc2n1)C1CCC(F)(F)CC1. The molecular formula is C30H38F5N9O3. The topological polar surface area (TPSA) is 132 Å². The number of carbonyl (C=O) groups is 2. The molecule has 17 heteroatoms. The van der Waals surface area contributed by atoms with Crippen molar-refractivity contribution in [3.63, 3.8) is 0 Å². The lowest BCUT2D eigenvalue weighted by Gasteiger charge is -2.33. The number of carbonyl (C=O) groups excluding carboxylic acids is 2. The van der Waals surface area contributed by atoms with Crippen LogP contribution in [0.1, 0.15) is 73.4 Å². The van der Waals surface area contributed by atoms with Crippen LogP contribution in [0.15, 0.2) is 18.5 Å². The maximum atomic E-state index is 14.2. The lowest BCUT2D eigenvalue weighted by atomic mass is 9.81. The Morgan fingerprint density at radius 2 is 1.98 bits per heavy atom. The monoisotopic (exact) mass is 667 g/mol. The third-order valence-electron chi connectivity index (χ3n) is 9.36. The van der Waals surface area contributed by atoms with Crippen LogP contribution in [-0.2, 0) is 22.5 Å². The number of halogens is 5. The van der Waals surface area contributed by atoms with Crippen LogP contribution in [0.25, 0.3) is 5.78 Å². The largest absolute Gasteiger partial charge is 0.393 e. The number of aryl methyl sites for hydroxylation is 1. The molecule has 3 aromatic rings. The first-order valence-electron chi connectivity index (χ1n) is 16.1. The predicted octanol–water partition coefficient (Wildman–Crippen LogP) is 3.72. The quantitative estimate of drug-likeness (QED) is 0.348. The molecule has 256 valence electrons. The molecule has 2 aliphatic heterocycles. The molecule has 3 fully saturated rings. The van der Waals surface area contributed by atoms with Gasteiger partial charge in [0.05, 0.1) is 30.5 Å². The fourth-order valence-electron chi connectivity index (χ4n) is 6.74.